The van der Waals surface area contributed by atoms with Crippen LogP contribution in [0, 0.1) is 4.91 Å². The maximum atomic E-state index is 12.2. The first-order chi connectivity index (χ1) is 16.8. The van der Waals surface area contributed by atoms with E-state index < -0.39 is 12.0 Å². The van der Waals surface area contributed by atoms with Gasteiger partial charge in [0.2, 0.25) is 11.9 Å². The second kappa shape index (κ2) is 11.9. The number of hydrogen-bond acceptors (Lipinski definition) is 10. The molecule has 1 N–H and O–H groups in total. The van der Waals surface area contributed by atoms with E-state index in [1.807, 2.05) is 12.1 Å². The second-order valence-electron chi connectivity index (χ2n) is 7.47. The summed E-state index contributed by atoms with van der Waals surface area (Å²) in [4.78, 5) is 39.1. The van der Waals surface area contributed by atoms with Gasteiger partial charge in [0.1, 0.15) is 17.9 Å². The Balaban J connectivity index is 1.80. The lowest BCUT2D eigenvalue weighted by Gasteiger charge is -2.20. The molecule has 0 aliphatic carbocycles. The van der Waals surface area contributed by atoms with Crippen LogP contribution in [0.5, 0.6) is 11.6 Å². The van der Waals surface area contributed by atoms with Crippen LogP contribution in [-0.4, -0.2) is 37.1 Å². The molecule has 1 unspecified atom stereocenters. The normalized spacial score (nSPS) is 11.3. The number of nitrogens with zero attached hydrogens (tertiary/aromatic N) is 4. The molecule has 11 heteroatoms. The molecule has 1 atom stereocenters. The van der Waals surface area contributed by atoms with E-state index >= 15 is 0 Å². The van der Waals surface area contributed by atoms with Crippen LogP contribution in [0.2, 0.25) is 5.02 Å². The lowest BCUT2D eigenvalue weighted by molar-refractivity contribution is -0.142. The molecule has 35 heavy (non-hydrogen) atoms. The molecule has 3 aromatic rings. The molecule has 182 valence electrons. The summed E-state index contributed by atoms with van der Waals surface area (Å²) in [6.07, 6.45) is 1.27. The number of carbonyl (C=O) groups is 1. The van der Waals surface area contributed by atoms with Gasteiger partial charge in [0.25, 0.3) is 0 Å². The van der Waals surface area contributed by atoms with E-state index in [1.165, 1.54) is 6.33 Å². The van der Waals surface area contributed by atoms with Crippen LogP contribution in [0.4, 0.5) is 5.82 Å². The highest BCUT2D eigenvalue weighted by Crippen LogP contribution is 2.36. The summed E-state index contributed by atoms with van der Waals surface area (Å²) in [5, 5.41) is 3.54. The van der Waals surface area contributed by atoms with E-state index in [0.29, 0.717) is 27.9 Å². The number of esters is 1. The Morgan fingerprint density at radius 1 is 1.20 bits per heavy atom. The molecule has 0 fully saturated rings. The molecule has 0 spiro atoms. The third-order valence-corrected chi connectivity index (χ3v) is 5.01. The summed E-state index contributed by atoms with van der Waals surface area (Å²) in [6, 6.07) is 12.7. The van der Waals surface area contributed by atoms with Crippen molar-refractivity contribution in [2.45, 2.75) is 12.6 Å². The quantitative estimate of drug-likeness (QED) is 0.229. The van der Waals surface area contributed by atoms with E-state index in [4.69, 9.17) is 25.9 Å². The number of benzene rings is 2. The molecule has 0 saturated carbocycles. The van der Waals surface area contributed by atoms with E-state index in [1.54, 1.807) is 55.4 Å². The van der Waals surface area contributed by atoms with Crippen molar-refractivity contribution in [3.8, 4) is 11.6 Å². The van der Waals surface area contributed by atoms with Gasteiger partial charge in [0, 0.05) is 24.7 Å². The number of aromatic nitrogens is 2. The van der Waals surface area contributed by atoms with Crippen LogP contribution in [0.1, 0.15) is 22.7 Å². The summed E-state index contributed by atoms with van der Waals surface area (Å²) in [6.45, 7) is 4.26. The molecule has 0 amide bonds. The number of rotatable bonds is 11. The van der Waals surface area contributed by atoms with Gasteiger partial charge in [-0.2, -0.15) is 0 Å². The molecule has 1 heterocycles. The average molecular weight is 498 g/mol. The average Bonchev–Trinajstić information content (AvgIpc) is 2.85. The van der Waals surface area contributed by atoms with Crippen LogP contribution < -0.4 is 15.1 Å². The second-order valence-corrected chi connectivity index (χ2v) is 7.91. The monoisotopic (exact) mass is 497 g/mol. The van der Waals surface area contributed by atoms with Gasteiger partial charge in [-0.05, 0) is 35.0 Å². The minimum atomic E-state index is -1.51. The number of nitrogens with one attached hydrogen (secondary N) is 1. The van der Waals surface area contributed by atoms with Gasteiger partial charge in [-0.1, -0.05) is 42.4 Å². The Hall–Kier alpha value is -4.02. The predicted molar refractivity (Wildman–Crippen MR) is 132 cm³/mol. The van der Waals surface area contributed by atoms with Gasteiger partial charge in [-0.25, -0.2) is 14.8 Å². The van der Waals surface area contributed by atoms with E-state index in [-0.39, 0.29) is 18.1 Å². The number of ether oxygens (including phenoxy) is 2. The van der Waals surface area contributed by atoms with Crippen LogP contribution in [0.3, 0.4) is 0 Å². The minimum Gasteiger partial charge on any atom is -0.467 e. The van der Waals surface area contributed by atoms with Crippen LogP contribution >= 0.6 is 11.6 Å². The summed E-state index contributed by atoms with van der Waals surface area (Å²) in [5.74, 6) is -0.196. The number of halogens is 1. The highest BCUT2D eigenvalue weighted by atomic mass is 35.5. The fraction of sp³-hybridized carbons (Fsp3) is 0.208. The molecule has 0 aliphatic rings. The molecule has 1 aromatic heterocycles. The Labute approximate surface area is 207 Å². The van der Waals surface area contributed by atoms with Crippen molar-refractivity contribution >= 4 is 29.1 Å². The third kappa shape index (κ3) is 6.52. The molecule has 10 nitrogen and oxygen atoms in total. The number of hydroxylamine groups is 1. The fourth-order valence-electron chi connectivity index (χ4n) is 3.12. The lowest BCUT2D eigenvalue weighted by atomic mass is 10.1. The number of hydrogen-bond donors (Lipinski definition) is 1. The largest absolute Gasteiger partial charge is 0.467 e. The SMILES string of the molecule is C=C(NOCc1cccc(Cl)c1)c1cccc(Oc2ncnc(N(C)C)c2C(N=O)C(=O)OC)c1. The van der Waals surface area contributed by atoms with E-state index in [9.17, 15) is 9.70 Å². The number of anilines is 1. The van der Waals surface area contributed by atoms with Crippen molar-refractivity contribution in [2.24, 2.45) is 5.18 Å². The molecular formula is C24H24ClN5O5. The summed E-state index contributed by atoms with van der Waals surface area (Å²) in [5.41, 5.74) is 4.94. The molecule has 0 bridgehead atoms. The number of carbonyl (C=O) groups excluding carboxylic acids is 1. The van der Waals surface area contributed by atoms with Gasteiger partial charge in [-0.15, -0.1) is 4.91 Å². The van der Waals surface area contributed by atoms with Crippen LogP contribution in [0.15, 0.2) is 66.6 Å². The maximum absolute atomic E-state index is 12.2. The Bertz CT molecular complexity index is 1220. The zero-order valence-corrected chi connectivity index (χ0v) is 20.2. The minimum absolute atomic E-state index is 0.00775. The molecule has 2 aromatic carbocycles. The predicted octanol–water partition coefficient (Wildman–Crippen LogP) is 4.66. The van der Waals surface area contributed by atoms with Crippen LogP contribution in [-0.2, 0) is 21.0 Å². The number of methoxy groups -OCH3 is 1. The Morgan fingerprint density at radius 2 is 1.97 bits per heavy atom. The summed E-state index contributed by atoms with van der Waals surface area (Å²) >= 11 is 5.99. The van der Waals surface area contributed by atoms with E-state index in [0.717, 1.165) is 12.7 Å². The smallest absolute Gasteiger partial charge is 0.339 e. The van der Waals surface area contributed by atoms with Crippen molar-refractivity contribution in [1.29, 1.82) is 0 Å². The lowest BCUT2D eigenvalue weighted by Crippen LogP contribution is -2.20. The van der Waals surface area contributed by atoms with Gasteiger partial charge in [-0.3, -0.25) is 10.3 Å². The standard InChI is InChI=1S/C24H24ClN5O5/c1-15(29-34-13-16-7-5-9-18(25)11-16)17-8-6-10-19(12-17)35-23-20(21(28-32)24(31)33-4)22(30(2)3)26-14-27-23/h5-12,14,21,29H,1,13H2,2-4H3. The van der Waals surface area contributed by atoms with Gasteiger partial charge in [0.05, 0.1) is 25.0 Å². The highest BCUT2D eigenvalue weighted by Gasteiger charge is 2.32. The zero-order valence-electron chi connectivity index (χ0n) is 19.4. The first kappa shape index (κ1) is 25.6. The van der Waals surface area contributed by atoms with Crippen molar-refractivity contribution in [2.75, 3.05) is 26.1 Å². The van der Waals surface area contributed by atoms with Gasteiger partial charge >= 0.3 is 5.97 Å². The highest BCUT2D eigenvalue weighted by molar-refractivity contribution is 6.30. The molecule has 0 saturated heterocycles. The van der Waals surface area contributed by atoms with Gasteiger partial charge in [0.15, 0.2) is 0 Å². The topological polar surface area (TPSA) is 115 Å². The zero-order chi connectivity index (χ0) is 25.4. The molecule has 0 aliphatic heterocycles. The van der Waals surface area contributed by atoms with Crippen molar-refractivity contribution in [3.05, 3.63) is 88.1 Å². The molecule has 0 radical (unpaired) electrons. The molecular weight excluding hydrogens is 474 g/mol. The van der Waals surface area contributed by atoms with Crippen molar-refractivity contribution < 1.29 is 19.1 Å². The van der Waals surface area contributed by atoms with Crippen molar-refractivity contribution in [3.63, 3.8) is 0 Å². The first-order valence-corrected chi connectivity index (χ1v) is 10.7. The summed E-state index contributed by atoms with van der Waals surface area (Å²) < 4.78 is 10.7. The van der Waals surface area contributed by atoms with Crippen LogP contribution in [0.25, 0.3) is 5.70 Å². The molecule has 3 rings (SSSR count). The number of nitroso groups, excluding NO2 is 1. The third-order valence-electron chi connectivity index (χ3n) is 4.77. The van der Waals surface area contributed by atoms with Gasteiger partial charge < -0.3 is 14.4 Å². The Kier molecular flexibility index (Phi) is 8.71. The fourth-order valence-corrected chi connectivity index (χ4v) is 3.34. The Morgan fingerprint density at radius 3 is 2.66 bits per heavy atom. The van der Waals surface area contributed by atoms with E-state index in [2.05, 4.69) is 27.2 Å². The first-order valence-electron chi connectivity index (χ1n) is 10.4. The maximum Gasteiger partial charge on any atom is 0.339 e. The van der Waals surface area contributed by atoms with Crippen molar-refractivity contribution in [1.82, 2.24) is 15.4 Å². The summed E-state index contributed by atoms with van der Waals surface area (Å²) in [7, 11) is 4.57.